The average Bonchev–Trinajstić information content (AvgIpc) is 2.25. The van der Waals surface area contributed by atoms with Crippen molar-refractivity contribution in [1.82, 2.24) is 0 Å². The number of hydrogen-bond donors (Lipinski definition) is 1. The van der Waals surface area contributed by atoms with Crippen molar-refractivity contribution in [2.75, 3.05) is 19.5 Å². The van der Waals surface area contributed by atoms with Crippen LogP contribution in [0.5, 0.6) is 5.75 Å². The number of methoxy groups -OCH3 is 1. The van der Waals surface area contributed by atoms with Crippen molar-refractivity contribution in [1.29, 1.82) is 0 Å². The van der Waals surface area contributed by atoms with E-state index in [0.29, 0.717) is 5.69 Å². The van der Waals surface area contributed by atoms with Crippen molar-refractivity contribution in [3.8, 4) is 5.75 Å². The van der Waals surface area contributed by atoms with Crippen LogP contribution in [0.3, 0.4) is 0 Å². The van der Waals surface area contributed by atoms with Gasteiger partial charge >= 0.3 is 6.18 Å². The SMILES string of the molecule is COCCC(Oc1ccc(N)cc1)C(F)(F)F. The number of alkyl halides is 3. The minimum absolute atomic E-state index is 0.0147. The van der Waals surface area contributed by atoms with Crippen molar-refractivity contribution in [2.24, 2.45) is 0 Å². The summed E-state index contributed by atoms with van der Waals surface area (Å²) >= 11 is 0. The van der Waals surface area contributed by atoms with Crippen LogP contribution < -0.4 is 10.5 Å². The van der Waals surface area contributed by atoms with E-state index in [1.807, 2.05) is 0 Å². The molecule has 0 aliphatic rings. The van der Waals surface area contributed by atoms with E-state index in [1.54, 1.807) is 0 Å². The summed E-state index contributed by atoms with van der Waals surface area (Å²) in [5.41, 5.74) is 5.90. The lowest BCUT2D eigenvalue weighted by molar-refractivity contribution is -0.199. The van der Waals surface area contributed by atoms with Crippen molar-refractivity contribution in [3.05, 3.63) is 24.3 Å². The Kier molecular flexibility index (Phi) is 4.62. The molecule has 1 rings (SSSR count). The maximum absolute atomic E-state index is 12.6. The summed E-state index contributed by atoms with van der Waals surface area (Å²) < 4.78 is 47.3. The highest BCUT2D eigenvalue weighted by Gasteiger charge is 2.41. The van der Waals surface area contributed by atoms with Crippen LogP contribution >= 0.6 is 0 Å². The maximum Gasteiger partial charge on any atom is 0.425 e. The first-order chi connectivity index (χ1) is 7.93. The van der Waals surface area contributed by atoms with Crippen molar-refractivity contribution < 1.29 is 22.6 Å². The molecule has 0 spiro atoms. The second-order valence-corrected chi connectivity index (χ2v) is 3.50. The van der Waals surface area contributed by atoms with E-state index in [2.05, 4.69) is 4.74 Å². The fourth-order valence-corrected chi connectivity index (χ4v) is 1.22. The Morgan fingerprint density at radius 2 is 1.82 bits per heavy atom. The maximum atomic E-state index is 12.6. The molecule has 6 heteroatoms. The van der Waals surface area contributed by atoms with Gasteiger partial charge in [-0.1, -0.05) is 0 Å². The molecule has 0 fully saturated rings. The topological polar surface area (TPSA) is 44.5 Å². The molecule has 0 bridgehead atoms. The summed E-state index contributed by atoms with van der Waals surface area (Å²) in [5, 5.41) is 0. The molecule has 1 unspecified atom stereocenters. The van der Waals surface area contributed by atoms with E-state index in [1.165, 1.54) is 31.4 Å². The smallest absolute Gasteiger partial charge is 0.425 e. The Bertz CT molecular complexity index is 338. The number of rotatable bonds is 5. The molecule has 0 heterocycles. The number of benzene rings is 1. The number of ether oxygens (including phenoxy) is 2. The Hall–Kier alpha value is -1.43. The van der Waals surface area contributed by atoms with Crippen LogP contribution in [-0.4, -0.2) is 26.0 Å². The molecule has 17 heavy (non-hydrogen) atoms. The number of hydrogen-bond acceptors (Lipinski definition) is 3. The quantitative estimate of drug-likeness (QED) is 0.816. The van der Waals surface area contributed by atoms with Gasteiger partial charge in [0.2, 0.25) is 0 Å². The highest BCUT2D eigenvalue weighted by Crippen LogP contribution is 2.27. The first-order valence-corrected chi connectivity index (χ1v) is 5.01. The summed E-state index contributed by atoms with van der Waals surface area (Å²) in [6.45, 7) is -0.0147. The van der Waals surface area contributed by atoms with Gasteiger partial charge in [0.05, 0.1) is 6.61 Å². The van der Waals surface area contributed by atoms with Gasteiger partial charge < -0.3 is 15.2 Å². The minimum atomic E-state index is -4.42. The normalized spacial score (nSPS) is 13.4. The van der Waals surface area contributed by atoms with E-state index in [9.17, 15) is 13.2 Å². The third-order valence-electron chi connectivity index (χ3n) is 2.11. The van der Waals surface area contributed by atoms with Crippen LogP contribution in [0.2, 0.25) is 0 Å². The summed E-state index contributed by atoms with van der Waals surface area (Å²) in [7, 11) is 1.34. The molecule has 0 aliphatic heterocycles. The Morgan fingerprint density at radius 3 is 2.29 bits per heavy atom. The largest absolute Gasteiger partial charge is 0.481 e. The first-order valence-electron chi connectivity index (χ1n) is 5.01. The van der Waals surface area contributed by atoms with Crippen LogP contribution in [0.1, 0.15) is 6.42 Å². The van der Waals surface area contributed by atoms with E-state index < -0.39 is 12.3 Å². The Balaban J connectivity index is 2.68. The second-order valence-electron chi connectivity index (χ2n) is 3.50. The standard InChI is InChI=1S/C11H14F3NO2/c1-16-7-6-10(11(12,13)14)17-9-4-2-8(15)3-5-9/h2-5,10H,6-7,15H2,1H3. The van der Waals surface area contributed by atoms with Gasteiger partial charge in [0.1, 0.15) is 5.75 Å². The molecule has 1 aromatic rings. The first kappa shape index (κ1) is 13.6. The molecule has 0 radical (unpaired) electrons. The zero-order chi connectivity index (χ0) is 12.9. The van der Waals surface area contributed by atoms with Crippen molar-refractivity contribution >= 4 is 5.69 Å². The molecular formula is C11H14F3NO2. The number of nitrogen functional groups attached to an aromatic ring is 1. The fraction of sp³-hybridized carbons (Fsp3) is 0.455. The third kappa shape index (κ3) is 4.52. The molecule has 1 atom stereocenters. The minimum Gasteiger partial charge on any atom is -0.481 e. The lowest BCUT2D eigenvalue weighted by Gasteiger charge is -2.21. The molecule has 2 N–H and O–H groups in total. The lowest BCUT2D eigenvalue weighted by atomic mass is 10.2. The Labute approximate surface area is 97.3 Å². The summed E-state index contributed by atoms with van der Waals surface area (Å²) in [6.07, 6.45) is -6.53. The fourth-order valence-electron chi connectivity index (χ4n) is 1.22. The predicted molar refractivity (Wildman–Crippen MR) is 57.8 cm³/mol. The van der Waals surface area contributed by atoms with Gasteiger partial charge in [0.25, 0.3) is 0 Å². The van der Waals surface area contributed by atoms with Gasteiger partial charge in [-0.3, -0.25) is 0 Å². The zero-order valence-electron chi connectivity index (χ0n) is 9.33. The van der Waals surface area contributed by atoms with Gasteiger partial charge in [-0.05, 0) is 24.3 Å². The lowest BCUT2D eigenvalue weighted by Crippen LogP contribution is -2.35. The summed E-state index contributed by atoms with van der Waals surface area (Å²) in [5.74, 6) is 0.137. The molecule has 0 saturated carbocycles. The van der Waals surface area contributed by atoms with E-state index in [4.69, 9.17) is 10.5 Å². The summed E-state index contributed by atoms with van der Waals surface area (Å²) in [6, 6.07) is 5.78. The molecule has 3 nitrogen and oxygen atoms in total. The Morgan fingerprint density at radius 1 is 1.24 bits per heavy atom. The van der Waals surface area contributed by atoms with E-state index in [0.717, 1.165) is 0 Å². The van der Waals surface area contributed by atoms with Crippen LogP contribution in [-0.2, 0) is 4.74 Å². The molecule has 0 aliphatic carbocycles. The predicted octanol–water partition coefficient (Wildman–Crippen LogP) is 2.62. The molecule has 0 saturated heterocycles. The van der Waals surface area contributed by atoms with Crippen molar-refractivity contribution in [2.45, 2.75) is 18.7 Å². The van der Waals surface area contributed by atoms with Crippen LogP contribution in [0, 0.1) is 0 Å². The van der Waals surface area contributed by atoms with E-state index in [-0.39, 0.29) is 18.8 Å². The molecule has 1 aromatic carbocycles. The monoisotopic (exact) mass is 249 g/mol. The molecule has 96 valence electrons. The number of halogens is 3. The summed E-state index contributed by atoms with van der Waals surface area (Å²) in [4.78, 5) is 0. The second kappa shape index (κ2) is 5.77. The zero-order valence-corrected chi connectivity index (χ0v) is 9.33. The number of nitrogens with two attached hydrogens (primary N) is 1. The number of anilines is 1. The van der Waals surface area contributed by atoms with Crippen molar-refractivity contribution in [3.63, 3.8) is 0 Å². The van der Waals surface area contributed by atoms with Crippen LogP contribution in [0.4, 0.5) is 18.9 Å². The van der Waals surface area contributed by atoms with Crippen LogP contribution in [0.15, 0.2) is 24.3 Å². The molecule has 0 aromatic heterocycles. The van der Waals surface area contributed by atoms with Gasteiger partial charge in [0.15, 0.2) is 6.10 Å². The van der Waals surface area contributed by atoms with Gasteiger partial charge in [-0.25, -0.2) is 0 Å². The molecule has 0 amide bonds. The highest BCUT2D eigenvalue weighted by molar-refractivity contribution is 5.41. The van der Waals surface area contributed by atoms with E-state index >= 15 is 0 Å². The molecular weight excluding hydrogens is 235 g/mol. The average molecular weight is 249 g/mol. The van der Waals surface area contributed by atoms with Gasteiger partial charge in [-0.2, -0.15) is 13.2 Å². The third-order valence-corrected chi connectivity index (χ3v) is 2.11. The van der Waals surface area contributed by atoms with Gasteiger partial charge in [-0.15, -0.1) is 0 Å². The highest BCUT2D eigenvalue weighted by atomic mass is 19.4. The van der Waals surface area contributed by atoms with Gasteiger partial charge in [0, 0.05) is 19.2 Å². The van der Waals surface area contributed by atoms with Crippen LogP contribution in [0.25, 0.3) is 0 Å².